The van der Waals surface area contributed by atoms with Crippen LogP contribution in [-0.2, 0) is 20.9 Å². The Morgan fingerprint density at radius 1 is 1.19 bits per heavy atom. The highest BCUT2D eigenvalue weighted by Gasteiger charge is 2.36. The van der Waals surface area contributed by atoms with Gasteiger partial charge in [0, 0.05) is 11.0 Å². The van der Waals surface area contributed by atoms with Crippen molar-refractivity contribution in [2.24, 2.45) is 0 Å². The molecule has 0 saturated heterocycles. The van der Waals surface area contributed by atoms with Crippen LogP contribution in [0.15, 0.2) is 29.2 Å². The molecule has 1 amide bonds. The van der Waals surface area contributed by atoms with Crippen LogP contribution >= 0.6 is 23.1 Å². The standard InChI is InChI=1S/C20H14F4N2O3S2/c1-2-29-16(27)7-14-20(28)26(12-4-3-9(21)5-13(12)30-14)8-15-25-18-17(24)10(22)6-11(23)19(18)31-15/h3-6,14H,2,7-8H2,1H3. The Bertz CT molecular complexity index is 1200. The summed E-state index contributed by atoms with van der Waals surface area (Å²) in [6.45, 7) is 1.61. The molecular formula is C20H14F4N2O3S2. The van der Waals surface area contributed by atoms with E-state index in [0.29, 0.717) is 16.6 Å². The number of ether oxygens (including phenoxy) is 1. The van der Waals surface area contributed by atoms with E-state index in [0.717, 1.165) is 23.1 Å². The van der Waals surface area contributed by atoms with Crippen molar-refractivity contribution in [1.29, 1.82) is 0 Å². The van der Waals surface area contributed by atoms with Gasteiger partial charge in [-0.3, -0.25) is 9.59 Å². The van der Waals surface area contributed by atoms with Crippen molar-refractivity contribution in [3.8, 4) is 0 Å². The number of fused-ring (bicyclic) bond motifs is 2. The molecule has 0 radical (unpaired) electrons. The summed E-state index contributed by atoms with van der Waals surface area (Å²) in [7, 11) is 0. The van der Waals surface area contributed by atoms with E-state index in [2.05, 4.69) is 4.98 Å². The van der Waals surface area contributed by atoms with E-state index in [1.807, 2.05) is 0 Å². The van der Waals surface area contributed by atoms with Gasteiger partial charge >= 0.3 is 5.97 Å². The minimum absolute atomic E-state index is 0.152. The van der Waals surface area contributed by atoms with E-state index in [9.17, 15) is 27.2 Å². The van der Waals surface area contributed by atoms with Crippen molar-refractivity contribution in [3.05, 3.63) is 52.5 Å². The maximum Gasteiger partial charge on any atom is 0.307 e. The van der Waals surface area contributed by atoms with Crippen molar-refractivity contribution in [2.75, 3.05) is 11.5 Å². The summed E-state index contributed by atoms with van der Waals surface area (Å²) in [5, 5.41) is -0.711. The zero-order valence-electron chi connectivity index (χ0n) is 16.0. The molecular weight excluding hydrogens is 456 g/mol. The normalized spacial score (nSPS) is 16.0. The Hall–Kier alpha value is -2.66. The van der Waals surface area contributed by atoms with Gasteiger partial charge in [-0.05, 0) is 25.1 Å². The molecule has 1 atom stereocenters. The molecule has 11 heteroatoms. The number of hydrogen-bond donors (Lipinski definition) is 0. The van der Waals surface area contributed by atoms with Crippen LogP contribution < -0.4 is 4.90 Å². The lowest BCUT2D eigenvalue weighted by molar-refractivity contribution is -0.144. The molecule has 2 aromatic carbocycles. The molecule has 1 aliphatic heterocycles. The summed E-state index contributed by atoms with van der Waals surface area (Å²) in [6.07, 6.45) is -0.224. The summed E-state index contributed by atoms with van der Waals surface area (Å²) in [5.41, 5.74) is -0.0818. The first kappa shape index (κ1) is 21.6. The number of benzene rings is 2. The number of carbonyl (C=O) groups is 2. The summed E-state index contributed by atoms with van der Waals surface area (Å²) in [4.78, 5) is 30.7. The van der Waals surface area contributed by atoms with Crippen molar-refractivity contribution in [3.63, 3.8) is 0 Å². The maximum absolute atomic E-state index is 14.0. The Labute approximate surface area is 182 Å². The molecule has 0 spiro atoms. The maximum atomic E-state index is 14.0. The number of nitrogens with zero attached hydrogens (tertiary/aromatic N) is 2. The molecule has 0 saturated carbocycles. The highest BCUT2D eigenvalue weighted by molar-refractivity contribution is 8.01. The summed E-state index contributed by atoms with van der Waals surface area (Å²) in [6, 6.07) is 4.27. The first-order valence-corrected chi connectivity index (χ1v) is 10.8. The largest absolute Gasteiger partial charge is 0.466 e. The Morgan fingerprint density at radius 2 is 1.97 bits per heavy atom. The Kier molecular flexibility index (Phi) is 5.89. The van der Waals surface area contributed by atoms with Gasteiger partial charge in [-0.2, -0.15) is 0 Å². The van der Waals surface area contributed by atoms with Gasteiger partial charge in [0.1, 0.15) is 22.2 Å². The van der Waals surface area contributed by atoms with Gasteiger partial charge in [0.25, 0.3) is 0 Å². The highest BCUT2D eigenvalue weighted by atomic mass is 32.2. The van der Waals surface area contributed by atoms with E-state index in [4.69, 9.17) is 4.74 Å². The Morgan fingerprint density at radius 3 is 2.71 bits per heavy atom. The van der Waals surface area contributed by atoms with Crippen LogP contribution in [0.3, 0.4) is 0 Å². The molecule has 2 heterocycles. The molecule has 0 bridgehead atoms. The van der Waals surface area contributed by atoms with E-state index >= 15 is 0 Å². The predicted molar refractivity (Wildman–Crippen MR) is 108 cm³/mol. The van der Waals surface area contributed by atoms with E-state index < -0.39 is 45.9 Å². The van der Waals surface area contributed by atoms with Gasteiger partial charge in [-0.15, -0.1) is 23.1 Å². The third-order valence-electron chi connectivity index (χ3n) is 4.53. The highest BCUT2D eigenvalue weighted by Crippen LogP contribution is 2.42. The smallest absolute Gasteiger partial charge is 0.307 e. The third kappa shape index (κ3) is 4.11. The van der Waals surface area contributed by atoms with Crippen LogP contribution in [0.1, 0.15) is 18.4 Å². The van der Waals surface area contributed by atoms with Crippen LogP contribution in [0.2, 0.25) is 0 Å². The van der Waals surface area contributed by atoms with Crippen molar-refractivity contribution in [1.82, 2.24) is 4.98 Å². The van der Waals surface area contributed by atoms with Crippen molar-refractivity contribution < 1.29 is 31.9 Å². The molecule has 4 rings (SSSR count). The number of carbonyl (C=O) groups excluding carboxylic acids is 2. The van der Waals surface area contributed by atoms with Crippen molar-refractivity contribution in [2.45, 2.75) is 30.0 Å². The fourth-order valence-corrected chi connectivity index (χ4v) is 5.38. The van der Waals surface area contributed by atoms with E-state index in [1.54, 1.807) is 6.92 Å². The first-order valence-electron chi connectivity index (χ1n) is 9.14. The molecule has 5 nitrogen and oxygen atoms in total. The molecule has 3 aromatic rings. The molecule has 162 valence electrons. The lowest BCUT2D eigenvalue weighted by Gasteiger charge is -2.32. The van der Waals surface area contributed by atoms with Gasteiger partial charge in [0.2, 0.25) is 5.91 Å². The lowest BCUT2D eigenvalue weighted by Crippen LogP contribution is -2.41. The molecule has 31 heavy (non-hydrogen) atoms. The van der Waals surface area contributed by atoms with Crippen LogP contribution in [-0.4, -0.2) is 28.7 Å². The number of hydrogen-bond acceptors (Lipinski definition) is 6. The predicted octanol–water partition coefficient (Wildman–Crippen LogP) is 4.81. The number of anilines is 1. The Balaban J connectivity index is 1.71. The number of rotatable bonds is 5. The summed E-state index contributed by atoms with van der Waals surface area (Å²) < 4.78 is 60.1. The third-order valence-corrected chi connectivity index (χ3v) is 6.82. The van der Waals surface area contributed by atoms with E-state index in [-0.39, 0.29) is 29.3 Å². The van der Waals surface area contributed by atoms with Gasteiger partial charge < -0.3 is 9.64 Å². The SMILES string of the molecule is CCOC(=O)CC1Sc2cc(F)ccc2N(Cc2nc3c(F)c(F)cc(F)c3s2)C1=O. The molecule has 1 unspecified atom stereocenters. The monoisotopic (exact) mass is 470 g/mol. The van der Waals surface area contributed by atoms with Gasteiger partial charge in [0.15, 0.2) is 11.6 Å². The molecule has 0 aliphatic carbocycles. The lowest BCUT2D eigenvalue weighted by atomic mass is 10.2. The fourth-order valence-electron chi connectivity index (χ4n) is 3.20. The number of thiazole rings is 1. The van der Waals surface area contributed by atoms with Crippen LogP contribution in [0.25, 0.3) is 10.2 Å². The minimum Gasteiger partial charge on any atom is -0.466 e. The molecule has 0 N–H and O–H groups in total. The quantitative estimate of drug-likeness (QED) is 0.304. The second kappa shape index (κ2) is 8.46. The van der Waals surface area contributed by atoms with Crippen LogP contribution in [0.5, 0.6) is 0 Å². The van der Waals surface area contributed by atoms with Crippen LogP contribution in [0.4, 0.5) is 23.2 Å². The number of thioether (sulfide) groups is 1. The van der Waals surface area contributed by atoms with Crippen molar-refractivity contribution >= 4 is 50.9 Å². The molecule has 1 aliphatic rings. The number of halogens is 4. The summed E-state index contributed by atoms with van der Waals surface area (Å²) in [5.74, 6) is -5.14. The zero-order valence-corrected chi connectivity index (χ0v) is 17.6. The average molecular weight is 470 g/mol. The zero-order chi connectivity index (χ0) is 22.3. The average Bonchev–Trinajstić information content (AvgIpc) is 3.14. The van der Waals surface area contributed by atoms with Crippen LogP contribution in [0, 0.1) is 23.3 Å². The first-order chi connectivity index (χ1) is 14.8. The number of esters is 1. The fraction of sp³-hybridized carbons (Fsp3) is 0.250. The topological polar surface area (TPSA) is 59.5 Å². The second-order valence-electron chi connectivity index (χ2n) is 6.59. The molecule has 0 fully saturated rings. The summed E-state index contributed by atoms with van der Waals surface area (Å²) >= 11 is 1.83. The molecule has 1 aromatic heterocycles. The van der Waals surface area contributed by atoms with E-state index in [1.165, 1.54) is 23.1 Å². The number of aromatic nitrogens is 1. The van der Waals surface area contributed by atoms with Gasteiger partial charge in [-0.25, -0.2) is 22.5 Å². The minimum atomic E-state index is -1.36. The van der Waals surface area contributed by atoms with Gasteiger partial charge in [-0.1, -0.05) is 0 Å². The second-order valence-corrected chi connectivity index (χ2v) is 8.92. The van der Waals surface area contributed by atoms with Gasteiger partial charge in [0.05, 0.1) is 35.2 Å². The number of amides is 1.